The molecule has 0 spiro atoms. The zero-order valence-electron chi connectivity index (χ0n) is 27.1. The number of nitrogens with one attached hydrogen (secondary N) is 2. The summed E-state index contributed by atoms with van der Waals surface area (Å²) in [6.45, 7) is 3.15. The van der Waals surface area contributed by atoms with Crippen LogP contribution in [-0.4, -0.2) is 69.8 Å². The maximum atomic E-state index is 14.8. The van der Waals surface area contributed by atoms with Gasteiger partial charge in [-0.3, -0.25) is 29.4 Å². The van der Waals surface area contributed by atoms with Crippen LogP contribution in [0, 0.1) is 0 Å². The quantitative estimate of drug-likeness (QED) is 0.209. The second-order valence-electron chi connectivity index (χ2n) is 12.7. The van der Waals surface area contributed by atoms with Gasteiger partial charge >= 0.3 is 0 Å². The smallest absolute Gasteiger partial charge is 0.240 e. The normalized spacial score (nSPS) is 18.1. The molecule has 0 saturated carbocycles. The summed E-state index contributed by atoms with van der Waals surface area (Å²) in [6, 6.07) is 30.1. The van der Waals surface area contributed by atoms with Crippen molar-refractivity contribution in [2.75, 3.05) is 26.2 Å². The first-order chi connectivity index (χ1) is 23.2. The van der Waals surface area contributed by atoms with Crippen molar-refractivity contribution in [1.82, 2.24) is 30.4 Å². The highest BCUT2D eigenvalue weighted by Gasteiger charge is 2.44. The number of benzene rings is 2. The standard InChI is InChI=1S/C39H46N6O2/c46-38(42-34(32-20-8-10-22-40-32)28-30-16-4-1-5-17-30)36(44-24-12-3-13-25-44)37(45-26-14-15-27-45)39(47)43-35(33-21-9-11-23-41-33)29-31-18-6-2-7-19-31/h1-2,4-11,16-23,34-37H,3,12-15,24-29H2,(H,42,46)(H,43,47). The van der Waals surface area contributed by atoms with Crippen LogP contribution in [0.1, 0.15) is 66.7 Å². The molecule has 4 atom stereocenters. The van der Waals surface area contributed by atoms with Crippen LogP contribution < -0.4 is 10.6 Å². The Morgan fingerprint density at radius 3 is 1.30 bits per heavy atom. The summed E-state index contributed by atoms with van der Waals surface area (Å²) < 4.78 is 0. The predicted molar refractivity (Wildman–Crippen MR) is 184 cm³/mol. The van der Waals surface area contributed by atoms with Crippen molar-refractivity contribution in [3.05, 3.63) is 132 Å². The molecule has 2 aromatic heterocycles. The van der Waals surface area contributed by atoms with E-state index in [0.717, 1.165) is 80.8 Å². The van der Waals surface area contributed by atoms with Crippen molar-refractivity contribution in [1.29, 1.82) is 0 Å². The van der Waals surface area contributed by atoms with Crippen LogP contribution in [0.2, 0.25) is 0 Å². The van der Waals surface area contributed by atoms with Crippen LogP contribution in [0.25, 0.3) is 0 Å². The van der Waals surface area contributed by atoms with Crippen molar-refractivity contribution in [3.8, 4) is 0 Å². The van der Waals surface area contributed by atoms with Gasteiger partial charge in [0.1, 0.15) is 12.1 Å². The highest BCUT2D eigenvalue weighted by molar-refractivity contribution is 5.93. The third-order valence-corrected chi connectivity index (χ3v) is 9.44. The number of carbonyl (C=O) groups is 2. The second kappa shape index (κ2) is 16.4. The number of hydrogen-bond donors (Lipinski definition) is 2. The zero-order valence-corrected chi connectivity index (χ0v) is 27.1. The number of nitrogens with zero attached hydrogens (tertiary/aromatic N) is 4. The second-order valence-corrected chi connectivity index (χ2v) is 12.7. The van der Waals surface area contributed by atoms with Crippen LogP contribution in [0.5, 0.6) is 0 Å². The number of rotatable bonds is 13. The fraction of sp³-hybridized carbons (Fsp3) is 0.385. The van der Waals surface area contributed by atoms with Gasteiger partial charge in [0.05, 0.1) is 23.5 Å². The molecule has 2 saturated heterocycles. The van der Waals surface area contributed by atoms with E-state index in [4.69, 9.17) is 0 Å². The number of hydrogen-bond acceptors (Lipinski definition) is 6. The molecule has 0 aliphatic carbocycles. The van der Waals surface area contributed by atoms with Gasteiger partial charge in [-0.2, -0.15) is 0 Å². The van der Waals surface area contributed by atoms with Crippen LogP contribution >= 0.6 is 0 Å². The summed E-state index contributed by atoms with van der Waals surface area (Å²) in [6.07, 6.45) is 9.93. The number of carbonyl (C=O) groups excluding carboxylic acids is 2. The molecule has 8 heteroatoms. The summed E-state index contributed by atoms with van der Waals surface area (Å²) in [5.41, 5.74) is 3.85. The zero-order chi connectivity index (χ0) is 32.3. The summed E-state index contributed by atoms with van der Waals surface area (Å²) in [5, 5.41) is 6.80. The third-order valence-electron chi connectivity index (χ3n) is 9.44. The molecule has 6 rings (SSSR count). The Hall–Kier alpha value is -4.40. The summed E-state index contributed by atoms with van der Waals surface area (Å²) >= 11 is 0. The largest absolute Gasteiger partial charge is 0.346 e. The van der Waals surface area contributed by atoms with Gasteiger partial charge in [-0.1, -0.05) is 79.2 Å². The number of pyridine rings is 2. The average Bonchev–Trinajstić information content (AvgIpc) is 3.66. The Labute approximate surface area is 278 Å². The van der Waals surface area contributed by atoms with Crippen molar-refractivity contribution < 1.29 is 9.59 Å². The molecule has 2 N–H and O–H groups in total. The van der Waals surface area contributed by atoms with E-state index in [1.54, 1.807) is 12.4 Å². The van der Waals surface area contributed by atoms with E-state index in [2.05, 4.69) is 54.7 Å². The number of amides is 2. The van der Waals surface area contributed by atoms with Crippen molar-refractivity contribution >= 4 is 11.8 Å². The summed E-state index contributed by atoms with van der Waals surface area (Å²) in [7, 11) is 0. The number of likely N-dealkylation sites (tertiary alicyclic amines) is 2. The molecule has 0 radical (unpaired) electrons. The average molecular weight is 631 g/mol. The molecular weight excluding hydrogens is 584 g/mol. The van der Waals surface area contributed by atoms with Crippen molar-refractivity contribution in [2.24, 2.45) is 0 Å². The molecule has 4 aromatic rings. The molecule has 2 fully saturated rings. The van der Waals surface area contributed by atoms with Crippen LogP contribution in [0.3, 0.4) is 0 Å². The molecule has 4 unspecified atom stereocenters. The SMILES string of the molecule is O=C(NC(Cc1ccccc1)c1ccccn1)C(C(C(=O)NC(Cc1ccccc1)c1ccccn1)N1CCCC1)N1CCCCC1. The maximum Gasteiger partial charge on any atom is 0.240 e. The van der Waals surface area contributed by atoms with E-state index in [-0.39, 0.29) is 23.9 Å². The molecule has 4 heterocycles. The van der Waals surface area contributed by atoms with E-state index in [1.165, 1.54) is 0 Å². The fourth-order valence-corrected chi connectivity index (χ4v) is 7.07. The Morgan fingerprint density at radius 1 is 0.532 bits per heavy atom. The lowest BCUT2D eigenvalue weighted by atomic mass is 9.96. The van der Waals surface area contributed by atoms with E-state index < -0.39 is 12.1 Å². The van der Waals surface area contributed by atoms with Gasteiger partial charge in [0.2, 0.25) is 11.8 Å². The van der Waals surface area contributed by atoms with E-state index in [1.807, 2.05) is 72.8 Å². The highest BCUT2D eigenvalue weighted by atomic mass is 16.2. The lowest BCUT2D eigenvalue weighted by molar-refractivity contribution is -0.139. The fourth-order valence-electron chi connectivity index (χ4n) is 7.07. The minimum absolute atomic E-state index is 0.122. The first kappa shape index (κ1) is 32.5. The van der Waals surface area contributed by atoms with E-state index in [0.29, 0.717) is 12.8 Å². The molecule has 47 heavy (non-hydrogen) atoms. The van der Waals surface area contributed by atoms with Crippen molar-refractivity contribution in [3.63, 3.8) is 0 Å². The van der Waals surface area contributed by atoms with Gasteiger partial charge < -0.3 is 10.6 Å². The Kier molecular flexibility index (Phi) is 11.4. The monoisotopic (exact) mass is 630 g/mol. The van der Waals surface area contributed by atoms with Gasteiger partial charge in [-0.25, -0.2) is 0 Å². The van der Waals surface area contributed by atoms with E-state index >= 15 is 0 Å². The molecular formula is C39H46N6O2. The first-order valence-corrected chi connectivity index (χ1v) is 17.1. The Morgan fingerprint density at radius 2 is 0.915 bits per heavy atom. The van der Waals surface area contributed by atoms with Crippen molar-refractivity contribution in [2.45, 2.75) is 69.1 Å². The topological polar surface area (TPSA) is 90.5 Å². The predicted octanol–water partition coefficient (Wildman–Crippen LogP) is 5.30. The van der Waals surface area contributed by atoms with Gasteiger partial charge in [-0.15, -0.1) is 0 Å². The van der Waals surface area contributed by atoms with Gasteiger partial charge in [0.25, 0.3) is 0 Å². The maximum absolute atomic E-state index is 14.8. The van der Waals surface area contributed by atoms with Gasteiger partial charge in [-0.05, 0) is 100 Å². The first-order valence-electron chi connectivity index (χ1n) is 17.1. The summed E-state index contributed by atoms with van der Waals surface area (Å²) in [5.74, 6) is -0.246. The molecule has 244 valence electrons. The molecule has 0 bridgehead atoms. The molecule has 2 aromatic carbocycles. The highest BCUT2D eigenvalue weighted by Crippen LogP contribution is 2.26. The van der Waals surface area contributed by atoms with Crippen LogP contribution in [0.4, 0.5) is 0 Å². The van der Waals surface area contributed by atoms with Gasteiger partial charge in [0.15, 0.2) is 0 Å². The Bertz CT molecular complexity index is 1530. The molecule has 2 amide bonds. The van der Waals surface area contributed by atoms with E-state index in [9.17, 15) is 9.59 Å². The number of piperidine rings is 1. The Balaban J connectivity index is 1.32. The minimum atomic E-state index is -0.642. The third kappa shape index (κ3) is 8.70. The van der Waals surface area contributed by atoms with Gasteiger partial charge in [0, 0.05) is 12.4 Å². The van der Waals surface area contributed by atoms with Crippen LogP contribution in [-0.2, 0) is 22.4 Å². The molecule has 2 aliphatic heterocycles. The van der Waals surface area contributed by atoms with Crippen LogP contribution in [0.15, 0.2) is 109 Å². The molecule has 8 nitrogen and oxygen atoms in total. The lowest BCUT2D eigenvalue weighted by Gasteiger charge is -2.41. The minimum Gasteiger partial charge on any atom is -0.346 e. The number of aromatic nitrogens is 2. The summed E-state index contributed by atoms with van der Waals surface area (Å²) in [4.78, 5) is 43.3. The lowest BCUT2D eigenvalue weighted by Crippen LogP contribution is -2.64. The molecule has 2 aliphatic rings.